The van der Waals surface area contributed by atoms with Gasteiger partial charge in [0.05, 0.1) is 41.6 Å². The fourth-order valence-electron chi connectivity index (χ4n) is 4.95. The lowest BCUT2D eigenvalue weighted by atomic mass is 9.58. The van der Waals surface area contributed by atoms with Crippen molar-refractivity contribution in [3.05, 3.63) is 54.6 Å². The number of aliphatic hydroxyl groups is 1. The number of halogens is 3. The standard InChI is InChI=1S/C25H29N7O.C2H3F3.CH4O/c1-17-3-4-21(14-26-17)29-23-11-22(30-31-23)18(2)28-20-5-6-24(27-15-20)32-9-7-25(8-10-32)12-19(13-25)16-33;1-2(3,4)5;1-2/h3-6,14-16,19,28H,2,7-13H2,1H3,(H,29,31);1H3;2H,1H3. The van der Waals surface area contributed by atoms with E-state index in [2.05, 4.69) is 48.3 Å². The minimum Gasteiger partial charge on any atom is -0.400 e. The molecule has 0 radical (unpaired) electrons. The molecule has 9 nitrogen and oxygen atoms in total. The van der Waals surface area contributed by atoms with Crippen LogP contribution in [0.5, 0.6) is 0 Å². The summed E-state index contributed by atoms with van der Waals surface area (Å²) in [7, 11) is 1.00. The highest BCUT2D eigenvalue weighted by Gasteiger charge is 2.45. The van der Waals surface area contributed by atoms with Gasteiger partial charge in [-0.25, -0.2) is 9.98 Å². The van der Waals surface area contributed by atoms with Gasteiger partial charge in [0.25, 0.3) is 0 Å². The van der Waals surface area contributed by atoms with Crippen LogP contribution in [0.25, 0.3) is 0 Å². The number of pyridine rings is 2. The Hall–Kier alpha value is -3.80. The topological polar surface area (TPSA) is 115 Å². The third kappa shape index (κ3) is 8.87. The molecule has 40 heavy (non-hydrogen) atoms. The van der Waals surface area contributed by atoms with E-state index in [0.717, 1.165) is 92.3 Å². The van der Waals surface area contributed by atoms with Crippen LogP contribution in [-0.4, -0.2) is 59.3 Å². The number of aliphatic hydroxyl groups excluding tert-OH is 1. The molecule has 0 bridgehead atoms. The Labute approximate surface area is 232 Å². The average molecular weight is 560 g/mol. The zero-order valence-electron chi connectivity index (χ0n) is 23.0. The Morgan fingerprint density at radius 2 is 1.85 bits per heavy atom. The molecular weight excluding hydrogens is 523 g/mol. The number of piperidine rings is 1. The van der Waals surface area contributed by atoms with E-state index in [1.54, 1.807) is 6.20 Å². The van der Waals surface area contributed by atoms with Crippen LogP contribution >= 0.6 is 0 Å². The lowest BCUT2D eigenvalue weighted by molar-refractivity contribution is -0.118. The first-order chi connectivity index (χ1) is 19.0. The number of amidine groups is 1. The minimum absolute atomic E-state index is 0.188. The second kappa shape index (κ2) is 13.5. The van der Waals surface area contributed by atoms with Crippen molar-refractivity contribution in [2.24, 2.45) is 21.4 Å². The molecule has 1 spiro atoms. The van der Waals surface area contributed by atoms with Gasteiger partial charge in [-0.3, -0.25) is 10.4 Å². The van der Waals surface area contributed by atoms with Crippen molar-refractivity contribution in [3.63, 3.8) is 0 Å². The van der Waals surface area contributed by atoms with Crippen LogP contribution in [0.3, 0.4) is 0 Å². The molecule has 1 saturated heterocycles. The smallest absolute Gasteiger partial charge is 0.386 e. The molecule has 2 fully saturated rings. The van der Waals surface area contributed by atoms with Crippen LogP contribution in [0, 0.1) is 18.3 Å². The van der Waals surface area contributed by atoms with Crippen LogP contribution in [0.4, 0.5) is 30.4 Å². The zero-order chi connectivity index (χ0) is 29.3. The largest absolute Gasteiger partial charge is 0.400 e. The van der Waals surface area contributed by atoms with Gasteiger partial charge < -0.3 is 20.1 Å². The van der Waals surface area contributed by atoms with Gasteiger partial charge in [0.1, 0.15) is 17.9 Å². The molecule has 1 saturated carbocycles. The molecule has 3 aliphatic rings. The molecule has 2 aromatic heterocycles. The van der Waals surface area contributed by atoms with E-state index in [1.165, 1.54) is 0 Å². The molecule has 0 atom stereocenters. The number of aromatic nitrogens is 2. The monoisotopic (exact) mass is 559 g/mol. The highest BCUT2D eigenvalue weighted by Crippen LogP contribution is 2.52. The number of hydrogen-bond acceptors (Lipinski definition) is 8. The molecule has 0 amide bonds. The second-order valence-electron chi connectivity index (χ2n) is 10.1. The highest BCUT2D eigenvalue weighted by molar-refractivity contribution is 6.16. The number of carbonyl (C=O) groups is 1. The lowest BCUT2D eigenvalue weighted by Gasteiger charge is -2.51. The van der Waals surface area contributed by atoms with Gasteiger partial charge in [0.2, 0.25) is 0 Å². The number of nitrogens with one attached hydrogen (secondary N) is 2. The summed E-state index contributed by atoms with van der Waals surface area (Å²) in [6, 6.07) is 7.95. The van der Waals surface area contributed by atoms with Crippen molar-refractivity contribution >= 4 is 35.0 Å². The number of hydrogen-bond donors (Lipinski definition) is 3. The Morgan fingerprint density at radius 3 is 2.40 bits per heavy atom. The summed E-state index contributed by atoms with van der Waals surface area (Å²) in [6.07, 6.45) is 5.71. The average Bonchev–Trinajstić information content (AvgIpc) is 3.38. The fourth-order valence-corrected chi connectivity index (χ4v) is 4.95. The number of allylic oxidation sites excluding steroid dienone is 1. The SMILES string of the molecule is C=C(Nc1ccc(N2CCC3(CC2)CC(C=O)C3)nc1)C1=NNC(=Nc2ccc(C)nc2)C1.CC(F)(F)F.CO. The Morgan fingerprint density at radius 1 is 1.18 bits per heavy atom. The first kappa shape index (κ1) is 30.7. The predicted octanol–water partition coefficient (Wildman–Crippen LogP) is 5.16. The summed E-state index contributed by atoms with van der Waals surface area (Å²) in [5.74, 6) is 2.05. The maximum atomic E-state index is 10.9. The van der Waals surface area contributed by atoms with E-state index < -0.39 is 6.18 Å². The van der Waals surface area contributed by atoms with Gasteiger partial charge in [0, 0.05) is 38.7 Å². The van der Waals surface area contributed by atoms with Crippen molar-refractivity contribution in [2.45, 2.75) is 52.1 Å². The van der Waals surface area contributed by atoms with E-state index in [0.29, 0.717) is 11.8 Å². The Kier molecular flexibility index (Phi) is 10.4. The highest BCUT2D eigenvalue weighted by atomic mass is 19.4. The van der Waals surface area contributed by atoms with Crippen LogP contribution in [0.1, 0.15) is 44.7 Å². The van der Waals surface area contributed by atoms with E-state index in [9.17, 15) is 18.0 Å². The molecule has 216 valence electrons. The summed E-state index contributed by atoms with van der Waals surface area (Å²) in [5, 5.41) is 14.7. The summed E-state index contributed by atoms with van der Waals surface area (Å²) in [4.78, 5) is 26.8. The molecule has 2 aliphatic heterocycles. The summed E-state index contributed by atoms with van der Waals surface area (Å²) < 4.78 is 31.1. The third-order valence-corrected chi connectivity index (χ3v) is 6.94. The summed E-state index contributed by atoms with van der Waals surface area (Å²) in [6.45, 7) is 8.26. The molecule has 3 N–H and O–H groups in total. The minimum atomic E-state index is -4.00. The number of hydrazone groups is 1. The van der Waals surface area contributed by atoms with Crippen LogP contribution < -0.4 is 15.6 Å². The van der Waals surface area contributed by atoms with Crippen molar-refractivity contribution in [3.8, 4) is 0 Å². The molecule has 5 rings (SSSR count). The third-order valence-electron chi connectivity index (χ3n) is 6.94. The number of rotatable bonds is 6. The summed E-state index contributed by atoms with van der Waals surface area (Å²) in [5.41, 5.74) is 7.54. The quantitative estimate of drug-likeness (QED) is 0.419. The van der Waals surface area contributed by atoms with E-state index >= 15 is 0 Å². The molecule has 0 aromatic carbocycles. The first-order valence-electron chi connectivity index (χ1n) is 13.0. The van der Waals surface area contributed by atoms with Crippen LogP contribution in [0.2, 0.25) is 0 Å². The second-order valence-corrected chi connectivity index (χ2v) is 10.1. The predicted molar refractivity (Wildman–Crippen MR) is 151 cm³/mol. The fraction of sp³-hybridized carbons (Fsp3) is 0.464. The molecule has 4 heterocycles. The van der Waals surface area contributed by atoms with Crippen molar-refractivity contribution in [1.29, 1.82) is 0 Å². The summed E-state index contributed by atoms with van der Waals surface area (Å²) >= 11 is 0. The van der Waals surface area contributed by atoms with Gasteiger partial charge in [-0.05, 0) is 62.3 Å². The first-order valence-corrected chi connectivity index (χ1v) is 13.0. The maximum Gasteiger partial charge on any atom is 0.386 e. The Bertz CT molecular complexity index is 1190. The van der Waals surface area contributed by atoms with Crippen LogP contribution in [0.15, 0.2) is 59.0 Å². The molecular formula is C28H36F3N7O2. The maximum absolute atomic E-state index is 10.9. The number of aldehydes is 1. The van der Waals surface area contributed by atoms with Crippen LogP contribution in [-0.2, 0) is 4.79 Å². The van der Waals surface area contributed by atoms with Crippen molar-refractivity contribution in [1.82, 2.24) is 15.4 Å². The number of nitrogens with zero attached hydrogens (tertiary/aromatic N) is 5. The lowest BCUT2D eigenvalue weighted by Crippen LogP contribution is -2.47. The molecule has 2 aromatic rings. The zero-order valence-corrected chi connectivity index (χ0v) is 23.0. The van der Waals surface area contributed by atoms with E-state index in [-0.39, 0.29) is 12.8 Å². The molecule has 1 aliphatic carbocycles. The van der Waals surface area contributed by atoms with Gasteiger partial charge in [-0.1, -0.05) is 6.58 Å². The van der Waals surface area contributed by atoms with E-state index in [1.807, 2.05) is 31.3 Å². The number of aryl methyl sites for hydroxylation is 1. The van der Waals surface area contributed by atoms with Gasteiger partial charge >= 0.3 is 6.18 Å². The normalized spacial score (nSPS) is 18.8. The molecule has 0 unspecified atom stereocenters. The number of carbonyl (C=O) groups excluding carboxylic acids is 1. The molecule has 12 heteroatoms. The Balaban J connectivity index is 0.000000570. The van der Waals surface area contributed by atoms with Crippen molar-refractivity contribution < 1.29 is 23.1 Å². The number of anilines is 2. The van der Waals surface area contributed by atoms with Gasteiger partial charge in [0.15, 0.2) is 0 Å². The number of aliphatic imine (C=N–C) groups is 1. The van der Waals surface area contributed by atoms with E-state index in [4.69, 9.17) is 5.11 Å². The van der Waals surface area contributed by atoms with Gasteiger partial charge in [-0.2, -0.15) is 18.3 Å². The van der Waals surface area contributed by atoms with Gasteiger partial charge in [-0.15, -0.1) is 0 Å². The van der Waals surface area contributed by atoms with Crippen molar-refractivity contribution in [2.75, 3.05) is 30.4 Å². The number of alkyl halides is 3.